The van der Waals surface area contributed by atoms with Crippen LogP contribution in [-0.2, 0) is 21.5 Å². The molecule has 3 aromatic heterocycles. The molecule has 0 unspecified atom stereocenters. The van der Waals surface area contributed by atoms with Gasteiger partial charge in [0.05, 0.1) is 5.69 Å². The first-order chi connectivity index (χ1) is 30.9. The van der Waals surface area contributed by atoms with Crippen LogP contribution in [0, 0.1) is 12.8 Å². The number of nitrogens with zero attached hydrogens (tertiary/aromatic N) is 7. The molecule has 2 fully saturated rings. The number of aromatic nitrogens is 5. The molecule has 0 spiro atoms. The van der Waals surface area contributed by atoms with Crippen molar-refractivity contribution in [3.05, 3.63) is 107 Å². The minimum absolute atomic E-state index is 0.0296. The van der Waals surface area contributed by atoms with Crippen molar-refractivity contribution in [1.82, 2.24) is 40.9 Å². The lowest BCUT2D eigenvalue weighted by Gasteiger charge is -2.38. The molecule has 334 valence electrons. The Morgan fingerprint density at radius 1 is 0.891 bits per heavy atom. The lowest BCUT2D eigenvalue weighted by molar-refractivity contribution is -0.125. The molecule has 3 N–H and O–H groups in total. The first kappa shape index (κ1) is 44.2. The van der Waals surface area contributed by atoms with Gasteiger partial charge in [0.25, 0.3) is 11.7 Å². The van der Waals surface area contributed by atoms with Crippen LogP contribution >= 0.6 is 0 Å². The number of benzene rings is 3. The van der Waals surface area contributed by atoms with E-state index in [1.54, 1.807) is 0 Å². The summed E-state index contributed by atoms with van der Waals surface area (Å²) in [6, 6.07) is 26.0. The van der Waals surface area contributed by atoms with Gasteiger partial charge in [-0.15, -0.1) is 0 Å². The van der Waals surface area contributed by atoms with Crippen molar-refractivity contribution in [2.45, 2.75) is 84.6 Å². The van der Waals surface area contributed by atoms with Crippen molar-refractivity contribution in [2.75, 3.05) is 55.6 Å². The van der Waals surface area contributed by atoms with Crippen LogP contribution in [0.15, 0.2) is 83.5 Å². The maximum Gasteiger partial charge on any atom is 0.292 e. The van der Waals surface area contributed by atoms with Crippen molar-refractivity contribution < 1.29 is 18.9 Å². The van der Waals surface area contributed by atoms with Gasteiger partial charge in [-0.2, -0.15) is 10.1 Å². The molecule has 64 heavy (non-hydrogen) atoms. The van der Waals surface area contributed by atoms with Gasteiger partial charge in [0.1, 0.15) is 0 Å². The maximum absolute atomic E-state index is 12.7. The fourth-order valence-corrected chi connectivity index (χ4v) is 8.81. The number of hydrogen-bond acceptors (Lipinski definition) is 11. The number of imide groups is 1. The van der Waals surface area contributed by atoms with E-state index in [4.69, 9.17) is 9.51 Å². The summed E-state index contributed by atoms with van der Waals surface area (Å²) in [4.78, 5) is 51.5. The van der Waals surface area contributed by atoms with E-state index in [9.17, 15) is 14.4 Å². The molecule has 14 nitrogen and oxygen atoms in total. The van der Waals surface area contributed by atoms with Crippen molar-refractivity contribution >= 4 is 40.6 Å². The number of rotatable bonds is 15. The largest absolute Gasteiger partial charge is 0.372 e. The Bertz CT molecular complexity index is 2540. The highest BCUT2D eigenvalue weighted by Gasteiger charge is 2.25. The highest BCUT2D eigenvalue weighted by molar-refractivity contribution is 5.94. The second-order valence-electron chi connectivity index (χ2n) is 18.5. The Labute approximate surface area is 375 Å². The van der Waals surface area contributed by atoms with E-state index in [2.05, 4.69) is 113 Å². The first-order valence-electron chi connectivity index (χ1n) is 22.6. The number of anilines is 2. The number of carbonyl (C=O) groups excluding carboxylic acids is 3. The number of piperidine rings is 1. The number of H-pyrrole nitrogens is 1. The van der Waals surface area contributed by atoms with Crippen molar-refractivity contribution in [1.29, 1.82) is 0 Å². The van der Waals surface area contributed by atoms with Crippen LogP contribution in [0.25, 0.3) is 33.4 Å². The molecule has 3 amide bonds. The number of piperazine rings is 1. The van der Waals surface area contributed by atoms with E-state index in [1.807, 2.05) is 46.0 Å². The summed E-state index contributed by atoms with van der Waals surface area (Å²) in [5.41, 5.74) is 10.1. The normalized spacial score (nSPS) is 15.6. The fourth-order valence-electron chi connectivity index (χ4n) is 8.81. The van der Waals surface area contributed by atoms with Crippen molar-refractivity contribution in [3.63, 3.8) is 0 Å². The van der Waals surface area contributed by atoms with Crippen LogP contribution in [0.2, 0.25) is 0 Å². The van der Waals surface area contributed by atoms with Crippen LogP contribution in [0.3, 0.4) is 0 Å². The molecule has 8 rings (SSSR count). The third kappa shape index (κ3) is 10.5. The van der Waals surface area contributed by atoms with Crippen molar-refractivity contribution in [3.8, 4) is 22.4 Å². The maximum atomic E-state index is 12.7. The molecular weight excluding hydrogens is 805 g/mol. The summed E-state index contributed by atoms with van der Waals surface area (Å²) in [5.74, 6) is 0.870. The standard InChI is InChI=1S/C50H60N10O4/c1-33(6-17-44(62)53-32-61)36-9-13-41(14-10-36)59-22-19-35(20-23-59)18-21-58-24-26-60(27-25-58)42-15-11-37(12-16-42)40-29-43-45(55-56-46(43)51-31-40)38-7-8-39(34(2)28-38)30-52-48(63)47-54-49(64-57-47)50(3,4)5/h7-16,28-29,31-33,35H,6,17-27,30H2,1-5H3,(H,52,63)(H,51,55,56)(H,53,61,62)/t33-/m0/s1. The smallest absolute Gasteiger partial charge is 0.292 e. The third-order valence-electron chi connectivity index (χ3n) is 13.0. The fraction of sp³-hybridized carbons (Fsp3) is 0.420. The molecule has 2 aliphatic heterocycles. The zero-order chi connectivity index (χ0) is 44.8. The quantitative estimate of drug-likeness (QED) is 0.0863. The molecule has 0 bridgehead atoms. The van der Waals surface area contributed by atoms with Gasteiger partial charge >= 0.3 is 0 Å². The van der Waals surface area contributed by atoms with Gasteiger partial charge in [0, 0.05) is 91.7 Å². The summed E-state index contributed by atoms with van der Waals surface area (Å²) in [5, 5.41) is 17.7. The van der Waals surface area contributed by atoms with Crippen molar-refractivity contribution in [2.24, 2.45) is 5.92 Å². The molecule has 0 saturated carbocycles. The third-order valence-corrected chi connectivity index (χ3v) is 13.0. The lowest BCUT2D eigenvalue weighted by atomic mass is 9.92. The van der Waals surface area contributed by atoms with Gasteiger partial charge in [0.2, 0.25) is 18.2 Å². The van der Waals surface area contributed by atoms with E-state index in [1.165, 1.54) is 36.2 Å². The summed E-state index contributed by atoms with van der Waals surface area (Å²) in [6.07, 6.45) is 7.10. The minimum Gasteiger partial charge on any atom is -0.372 e. The predicted molar refractivity (Wildman–Crippen MR) is 250 cm³/mol. The number of pyridine rings is 1. The predicted octanol–water partition coefficient (Wildman–Crippen LogP) is 7.80. The van der Waals surface area contributed by atoms with E-state index in [0.29, 0.717) is 37.3 Å². The zero-order valence-corrected chi connectivity index (χ0v) is 37.7. The van der Waals surface area contributed by atoms with Gasteiger partial charge in [-0.25, -0.2) is 4.98 Å². The van der Waals surface area contributed by atoms with E-state index >= 15 is 0 Å². The minimum atomic E-state index is -0.376. The summed E-state index contributed by atoms with van der Waals surface area (Å²) in [7, 11) is 0. The van der Waals surface area contributed by atoms with Crippen LogP contribution in [0.5, 0.6) is 0 Å². The highest BCUT2D eigenvalue weighted by atomic mass is 16.5. The first-order valence-corrected chi connectivity index (χ1v) is 22.6. The number of carbonyl (C=O) groups is 3. The molecule has 0 radical (unpaired) electrons. The molecule has 3 aromatic carbocycles. The summed E-state index contributed by atoms with van der Waals surface area (Å²) >= 11 is 0. The van der Waals surface area contributed by atoms with Gasteiger partial charge in [-0.3, -0.25) is 29.7 Å². The topological polar surface area (TPSA) is 165 Å². The molecule has 5 heterocycles. The number of nitrogens with one attached hydrogen (secondary N) is 3. The van der Waals surface area contributed by atoms with E-state index < -0.39 is 0 Å². The second-order valence-corrected chi connectivity index (χ2v) is 18.5. The molecule has 2 aliphatic rings. The molecule has 1 atom stereocenters. The lowest BCUT2D eigenvalue weighted by Crippen LogP contribution is -2.47. The van der Waals surface area contributed by atoms with Crippen LogP contribution in [-0.4, -0.2) is 94.3 Å². The average molecular weight is 865 g/mol. The Hall–Kier alpha value is -6.41. The number of hydrogen-bond donors (Lipinski definition) is 3. The van der Waals surface area contributed by atoms with E-state index in [-0.39, 0.29) is 29.0 Å². The number of aryl methyl sites for hydroxylation is 1. The molecule has 14 heteroatoms. The Morgan fingerprint density at radius 3 is 2.25 bits per heavy atom. The Balaban J connectivity index is 0.790. The van der Waals surface area contributed by atoms with E-state index in [0.717, 1.165) is 90.6 Å². The molecular formula is C50H60N10O4. The van der Waals surface area contributed by atoms with Gasteiger partial charge in [-0.1, -0.05) is 69.2 Å². The van der Waals surface area contributed by atoms with Gasteiger partial charge in [0.15, 0.2) is 5.65 Å². The van der Waals surface area contributed by atoms with Crippen LogP contribution in [0.4, 0.5) is 11.4 Å². The zero-order valence-electron chi connectivity index (χ0n) is 37.7. The SMILES string of the molecule is Cc1cc(-c2[nH]nc3ncc(-c4ccc(N5CCN(CCC6CCN(c7ccc([C@@H](C)CCC(=O)NC=O)cc7)CC6)CC5)cc4)cc23)ccc1CNC(=O)c1noc(C(C)(C)C)n1. The highest BCUT2D eigenvalue weighted by Crippen LogP contribution is 2.32. The molecule has 2 saturated heterocycles. The number of aromatic amines is 1. The Morgan fingerprint density at radius 2 is 1.58 bits per heavy atom. The summed E-state index contributed by atoms with van der Waals surface area (Å²) < 4.78 is 5.29. The second kappa shape index (κ2) is 19.5. The molecule has 6 aromatic rings. The van der Waals surface area contributed by atoms with Gasteiger partial charge < -0.3 is 19.6 Å². The summed E-state index contributed by atoms with van der Waals surface area (Å²) in [6.45, 7) is 17.9. The number of amides is 3. The average Bonchev–Trinajstić information content (AvgIpc) is 3.99. The monoisotopic (exact) mass is 864 g/mol. The van der Waals surface area contributed by atoms with Gasteiger partial charge in [-0.05, 0) is 110 Å². The molecule has 0 aliphatic carbocycles. The van der Waals surface area contributed by atoms with Crippen LogP contribution in [0.1, 0.15) is 98.9 Å². The number of fused-ring (bicyclic) bond motifs is 1. The Kier molecular flexibility index (Phi) is 13.5. The van der Waals surface area contributed by atoms with Crippen LogP contribution < -0.4 is 20.4 Å².